The van der Waals surface area contributed by atoms with Gasteiger partial charge in [-0.25, -0.2) is 0 Å². The van der Waals surface area contributed by atoms with Crippen LogP contribution in [0.5, 0.6) is 0 Å². The molecule has 2 heterocycles. The first-order chi connectivity index (χ1) is 5.27. The van der Waals surface area contributed by atoms with Crippen molar-refractivity contribution in [3.8, 4) is 0 Å². The maximum Gasteiger partial charge on any atom is 0.372 e. The van der Waals surface area contributed by atoms with Gasteiger partial charge in [-0.15, -0.1) is 5.01 Å². The summed E-state index contributed by atoms with van der Waals surface area (Å²) in [5.74, 6) is 0.775. The van der Waals surface area contributed by atoms with Crippen molar-refractivity contribution < 1.29 is 0 Å². The number of fused-ring (bicyclic) bond motifs is 1. The highest BCUT2D eigenvalue weighted by Gasteiger charge is 2.26. The second kappa shape index (κ2) is 1.90. The predicted octanol–water partition coefficient (Wildman–Crippen LogP) is 0.281. The van der Waals surface area contributed by atoms with E-state index >= 15 is 0 Å². The van der Waals surface area contributed by atoms with E-state index in [1.54, 1.807) is 11.2 Å². The molecule has 0 aromatic carbocycles. The van der Waals surface area contributed by atoms with Crippen LogP contribution in [0.15, 0.2) is 33.6 Å². The van der Waals surface area contributed by atoms with E-state index in [1.165, 1.54) is 0 Å². The van der Waals surface area contributed by atoms with Gasteiger partial charge in [0.15, 0.2) is 0 Å². The third-order valence-corrected chi connectivity index (χ3v) is 1.61. The molecule has 2 aliphatic rings. The fourth-order valence-electron chi connectivity index (χ4n) is 0.928. The number of hydrogen-bond donors (Lipinski definition) is 1. The molecule has 54 valence electrons. The molecule has 0 amide bonds. The van der Waals surface area contributed by atoms with Gasteiger partial charge in [-0.1, -0.05) is 0 Å². The molecule has 2 aliphatic heterocycles. The Bertz CT molecular complexity index is 308. The van der Waals surface area contributed by atoms with Crippen molar-refractivity contribution in [1.82, 2.24) is 5.01 Å². The molecular formula is C7H7N4+. The summed E-state index contributed by atoms with van der Waals surface area (Å²) in [5.41, 5.74) is 7.37. The van der Waals surface area contributed by atoms with Crippen LogP contribution >= 0.6 is 0 Å². The van der Waals surface area contributed by atoms with Crippen molar-refractivity contribution in [2.45, 2.75) is 6.92 Å². The van der Waals surface area contributed by atoms with Crippen LogP contribution in [0.4, 0.5) is 0 Å². The van der Waals surface area contributed by atoms with Crippen LogP contribution < -0.4 is 5.73 Å². The molecule has 0 radical (unpaired) electrons. The summed E-state index contributed by atoms with van der Waals surface area (Å²) in [7, 11) is 0. The monoisotopic (exact) mass is 147 g/mol. The zero-order chi connectivity index (χ0) is 7.84. The van der Waals surface area contributed by atoms with Crippen molar-refractivity contribution in [1.29, 1.82) is 0 Å². The van der Waals surface area contributed by atoms with Gasteiger partial charge in [0.1, 0.15) is 0 Å². The second-order valence-electron chi connectivity index (χ2n) is 2.43. The predicted molar refractivity (Wildman–Crippen MR) is 42.7 cm³/mol. The lowest BCUT2D eigenvalue weighted by molar-refractivity contribution is 0.611. The zero-order valence-corrected chi connectivity index (χ0v) is 6.07. The minimum absolute atomic E-state index is 0.719. The van der Waals surface area contributed by atoms with Crippen LogP contribution in [-0.4, -0.2) is 17.2 Å². The van der Waals surface area contributed by atoms with Crippen molar-refractivity contribution in [3.05, 3.63) is 23.5 Å². The molecule has 0 atom stereocenters. The molecule has 2 rings (SSSR count). The molecule has 0 aliphatic carbocycles. The summed E-state index contributed by atoms with van der Waals surface area (Å²) in [4.78, 5) is 3.89. The van der Waals surface area contributed by atoms with Gasteiger partial charge in [-0.2, -0.15) is 0 Å². The van der Waals surface area contributed by atoms with E-state index in [-0.39, 0.29) is 0 Å². The van der Waals surface area contributed by atoms with Gasteiger partial charge >= 0.3 is 12.2 Å². The molecule has 4 heteroatoms. The number of rotatable bonds is 0. The van der Waals surface area contributed by atoms with Crippen LogP contribution in [0.25, 0.3) is 0 Å². The highest BCUT2D eigenvalue weighted by molar-refractivity contribution is 6.02. The van der Waals surface area contributed by atoms with Crippen molar-refractivity contribution >= 4 is 12.2 Å². The Morgan fingerprint density at radius 3 is 3.27 bits per heavy atom. The summed E-state index contributed by atoms with van der Waals surface area (Å²) in [6.45, 7) is 1.93. The summed E-state index contributed by atoms with van der Waals surface area (Å²) in [6.07, 6.45) is 6.10. The van der Waals surface area contributed by atoms with E-state index in [1.807, 2.05) is 13.0 Å². The fourth-order valence-corrected chi connectivity index (χ4v) is 0.928. The fraction of sp³-hybridized carbons (Fsp3) is 0.143. The average molecular weight is 147 g/mol. The van der Waals surface area contributed by atoms with Crippen LogP contribution in [0.2, 0.25) is 0 Å². The second-order valence-corrected chi connectivity index (χ2v) is 2.43. The third-order valence-electron chi connectivity index (χ3n) is 1.61. The van der Waals surface area contributed by atoms with Crippen molar-refractivity contribution in [2.24, 2.45) is 15.8 Å². The molecule has 0 fully saturated rings. The number of aliphatic imine (C=N–C) groups is 1. The molecule has 0 spiro atoms. The largest absolute Gasteiger partial charge is 0.397 e. The lowest BCUT2D eigenvalue weighted by Crippen LogP contribution is -2.21. The molecule has 0 aromatic rings. The minimum atomic E-state index is 0.719. The Hall–Kier alpha value is -1.67. The van der Waals surface area contributed by atoms with Gasteiger partial charge in [0.2, 0.25) is 0 Å². The molecule has 4 nitrogen and oxygen atoms in total. The highest BCUT2D eigenvalue weighted by atomic mass is 15.5. The maximum atomic E-state index is 5.64. The number of allylic oxidation sites excluding steroid dienone is 1. The van der Waals surface area contributed by atoms with E-state index in [0.29, 0.717) is 0 Å². The quantitative estimate of drug-likeness (QED) is 0.500. The van der Waals surface area contributed by atoms with Crippen LogP contribution in [0.3, 0.4) is 0 Å². The van der Waals surface area contributed by atoms with E-state index in [2.05, 4.69) is 16.4 Å². The third kappa shape index (κ3) is 0.808. The number of nitrogens with zero attached hydrogens (tertiary/aromatic N) is 3. The number of hydrogen-bond acceptors (Lipinski definition) is 4. The standard InChI is InChI=1S/C7H7N4/c1-5-2-7-9-4-10-11(7)3-6(5)8/h2-3H,8H2,1H3/q+1. The summed E-state index contributed by atoms with van der Waals surface area (Å²) >= 11 is 0. The Kier molecular flexibility index (Phi) is 1.05. The Morgan fingerprint density at radius 2 is 2.45 bits per heavy atom. The van der Waals surface area contributed by atoms with E-state index in [0.717, 1.165) is 17.1 Å². The maximum absolute atomic E-state index is 5.64. The molecule has 0 bridgehead atoms. The summed E-state index contributed by atoms with van der Waals surface area (Å²) in [6, 6.07) is 0. The number of nitrogens with two attached hydrogens (primary N) is 1. The molecule has 2 N–H and O–H groups in total. The van der Waals surface area contributed by atoms with Crippen LogP contribution in [0.1, 0.15) is 6.92 Å². The topological polar surface area (TPSA) is 54.0 Å². The van der Waals surface area contributed by atoms with Gasteiger partial charge in [0, 0.05) is 10.1 Å². The average Bonchev–Trinajstić information content (AvgIpc) is 2.36. The van der Waals surface area contributed by atoms with Crippen LogP contribution in [0, 0.1) is 0 Å². The first-order valence-electron chi connectivity index (χ1n) is 3.26. The van der Waals surface area contributed by atoms with E-state index in [4.69, 9.17) is 5.73 Å². The Morgan fingerprint density at radius 1 is 1.64 bits per heavy atom. The molecule has 11 heavy (non-hydrogen) atoms. The highest BCUT2D eigenvalue weighted by Crippen LogP contribution is 2.15. The van der Waals surface area contributed by atoms with Gasteiger partial charge in [-0.05, 0) is 12.5 Å². The lowest BCUT2D eigenvalue weighted by Gasteiger charge is -2.08. The van der Waals surface area contributed by atoms with Gasteiger partial charge in [0.05, 0.1) is 18.0 Å². The molecule has 0 unspecified atom stereocenters. The normalized spacial score (nSPS) is 20.1. The number of hydrazone groups is 1. The van der Waals surface area contributed by atoms with E-state index < -0.39 is 0 Å². The summed E-state index contributed by atoms with van der Waals surface area (Å²) < 4.78 is 0. The van der Waals surface area contributed by atoms with Crippen molar-refractivity contribution in [2.75, 3.05) is 0 Å². The lowest BCUT2D eigenvalue weighted by atomic mass is 10.2. The first kappa shape index (κ1) is 6.07. The SMILES string of the molecule is CC1=CC2=N[C+]=NN2C=C1N. The Labute approximate surface area is 64.4 Å². The molecular weight excluding hydrogens is 140 g/mol. The molecule has 0 saturated carbocycles. The first-order valence-corrected chi connectivity index (χ1v) is 3.26. The Balaban J connectivity index is 2.43. The van der Waals surface area contributed by atoms with Gasteiger partial charge in [0.25, 0.3) is 0 Å². The number of amidine groups is 1. The van der Waals surface area contributed by atoms with Crippen LogP contribution in [-0.2, 0) is 0 Å². The summed E-state index contributed by atoms with van der Waals surface area (Å²) in [5, 5.41) is 5.42. The smallest absolute Gasteiger partial charge is 0.372 e. The molecule has 0 saturated heterocycles. The van der Waals surface area contributed by atoms with Gasteiger partial charge < -0.3 is 5.73 Å². The zero-order valence-electron chi connectivity index (χ0n) is 6.07. The minimum Gasteiger partial charge on any atom is -0.397 e. The van der Waals surface area contributed by atoms with Gasteiger partial charge in [-0.3, -0.25) is 0 Å². The molecule has 0 aromatic heterocycles. The van der Waals surface area contributed by atoms with Crippen molar-refractivity contribution in [3.63, 3.8) is 0 Å². The van der Waals surface area contributed by atoms with E-state index in [9.17, 15) is 0 Å².